The van der Waals surface area contributed by atoms with Gasteiger partial charge in [0.25, 0.3) is 0 Å². The average molecular weight is 1000 g/mol. The number of carboxylic acid groups (broad SMARTS) is 1. The molecule has 0 radical (unpaired) electrons. The molecule has 1 heterocycles. The number of carbonyl (C=O) groups excluding carboxylic acids is 3. The van der Waals surface area contributed by atoms with Crippen LogP contribution >= 0.6 is 0 Å². The zero-order valence-corrected chi connectivity index (χ0v) is 44.7. The topological polar surface area (TPSA) is 175 Å². The number of unbranched alkanes of at least 4 members (excludes halogenated alkanes) is 24. The van der Waals surface area contributed by atoms with Crippen molar-refractivity contribution in [2.75, 3.05) is 13.2 Å². The van der Waals surface area contributed by atoms with E-state index in [1.165, 1.54) is 109 Å². The number of aliphatic hydroxyl groups is 2. The Labute approximate surface area is 430 Å². The fraction of sp³-hybridized carbons (Fsp3) is 0.763. The molecule has 0 saturated carbocycles. The molecule has 0 amide bonds. The van der Waals surface area contributed by atoms with Gasteiger partial charge in [-0.05, 0) is 44.9 Å². The third-order valence-corrected chi connectivity index (χ3v) is 12.6. The van der Waals surface area contributed by atoms with Crippen LogP contribution in [0.5, 0.6) is 0 Å². The van der Waals surface area contributed by atoms with Crippen LogP contribution in [0.15, 0.2) is 60.8 Å². The van der Waals surface area contributed by atoms with Crippen LogP contribution in [-0.2, 0) is 42.9 Å². The van der Waals surface area contributed by atoms with E-state index in [2.05, 4.69) is 63.3 Å². The minimum atomic E-state index is -1.91. The molecule has 71 heavy (non-hydrogen) atoms. The molecular formula is C59H100O12. The van der Waals surface area contributed by atoms with Crippen molar-refractivity contribution in [2.24, 2.45) is 0 Å². The first-order valence-electron chi connectivity index (χ1n) is 28.3. The lowest BCUT2D eigenvalue weighted by molar-refractivity contribution is -0.301. The second-order valence-corrected chi connectivity index (χ2v) is 19.2. The van der Waals surface area contributed by atoms with Crippen molar-refractivity contribution in [2.45, 2.75) is 276 Å². The van der Waals surface area contributed by atoms with E-state index in [4.69, 9.17) is 23.7 Å². The zero-order chi connectivity index (χ0) is 51.8. The number of ether oxygens (including phenoxy) is 5. The van der Waals surface area contributed by atoms with Crippen molar-refractivity contribution < 1.29 is 58.2 Å². The van der Waals surface area contributed by atoms with Crippen LogP contribution in [0.25, 0.3) is 0 Å². The first-order chi connectivity index (χ1) is 34.6. The number of aliphatic hydroxyl groups excluding tert-OH is 2. The maximum atomic E-state index is 13.0. The van der Waals surface area contributed by atoms with E-state index >= 15 is 0 Å². The van der Waals surface area contributed by atoms with Gasteiger partial charge < -0.3 is 39.0 Å². The van der Waals surface area contributed by atoms with Gasteiger partial charge in [-0.3, -0.25) is 14.4 Å². The summed E-state index contributed by atoms with van der Waals surface area (Å²) in [5, 5.41) is 31.3. The minimum Gasteiger partial charge on any atom is -0.479 e. The van der Waals surface area contributed by atoms with Crippen molar-refractivity contribution >= 4 is 23.9 Å². The summed E-state index contributed by atoms with van der Waals surface area (Å²) < 4.78 is 28.2. The van der Waals surface area contributed by atoms with Gasteiger partial charge in [0.1, 0.15) is 18.8 Å². The SMILES string of the molecule is CC/C=C\C/C=C\C/C=C\C/C=C\C/C=C\CC(=O)OC(COC(=O)CCCCCCCCCCCCCCCCCCC)COC1OC(C(=O)O)C(O)C(O)C1OC(=O)CCCCCCCCCCC. The summed E-state index contributed by atoms with van der Waals surface area (Å²) in [6, 6.07) is 0. The Hall–Kier alpha value is -3.58. The maximum Gasteiger partial charge on any atom is 0.335 e. The van der Waals surface area contributed by atoms with Gasteiger partial charge >= 0.3 is 23.9 Å². The normalized spacial score (nSPS) is 18.9. The molecule has 3 N–H and O–H groups in total. The van der Waals surface area contributed by atoms with Crippen LogP contribution in [0.3, 0.4) is 0 Å². The van der Waals surface area contributed by atoms with Crippen molar-refractivity contribution in [3.8, 4) is 0 Å². The molecule has 6 unspecified atom stereocenters. The number of esters is 3. The van der Waals surface area contributed by atoms with E-state index in [0.717, 1.165) is 70.6 Å². The summed E-state index contributed by atoms with van der Waals surface area (Å²) in [6.45, 7) is 5.76. The van der Waals surface area contributed by atoms with Crippen LogP contribution in [-0.4, -0.2) is 89.2 Å². The summed E-state index contributed by atoms with van der Waals surface area (Å²) in [4.78, 5) is 50.8. The van der Waals surface area contributed by atoms with Crippen molar-refractivity contribution in [3.05, 3.63) is 60.8 Å². The van der Waals surface area contributed by atoms with Gasteiger partial charge in [0, 0.05) is 12.8 Å². The molecule has 1 fully saturated rings. The van der Waals surface area contributed by atoms with E-state index in [9.17, 15) is 34.5 Å². The highest BCUT2D eigenvalue weighted by Crippen LogP contribution is 2.26. The van der Waals surface area contributed by atoms with E-state index in [-0.39, 0.29) is 25.9 Å². The van der Waals surface area contributed by atoms with Gasteiger partial charge in [-0.2, -0.15) is 0 Å². The van der Waals surface area contributed by atoms with Gasteiger partial charge in [-0.1, -0.05) is 236 Å². The molecular weight excluding hydrogens is 901 g/mol. The molecule has 0 aromatic heterocycles. The molecule has 1 aliphatic heterocycles. The third-order valence-electron chi connectivity index (χ3n) is 12.6. The average Bonchev–Trinajstić information content (AvgIpc) is 3.35. The second kappa shape index (κ2) is 47.4. The maximum absolute atomic E-state index is 13.0. The molecule has 0 aliphatic carbocycles. The summed E-state index contributed by atoms with van der Waals surface area (Å²) in [6.07, 6.45) is 45.3. The Morgan fingerprint density at radius 1 is 0.479 bits per heavy atom. The largest absolute Gasteiger partial charge is 0.479 e. The van der Waals surface area contributed by atoms with Crippen molar-refractivity contribution in [1.29, 1.82) is 0 Å². The van der Waals surface area contributed by atoms with Crippen LogP contribution in [0.1, 0.15) is 239 Å². The fourth-order valence-corrected chi connectivity index (χ4v) is 8.33. The molecule has 12 heteroatoms. The van der Waals surface area contributed by atoms with Crippen molar-refractivity contribution in [3.63, 3.8) is 0 Å². The molecule has 0 bridgehead atoms. The van der Waals surface area contributed by atoms with Gasteiger partial charge in [-0.25, -0.2) is 4.79 Å². The van der Waals surface area contributed by atoms with Crippen LogP contribution in [0, 0.1) is 0 Å². The smallest absolute Gasteiger partial charge is 0.335 e. The number of carbonyl (C=O) groups is 4. The van der Waals surface area contributed by atoms with Crippen LogP contribution < -0.4 is 0 Å². The molecule has 408 valence electrons. The highest BCUT2D eigenvalue weighted by atomic mass is 16.7. The zero-order valence-electron chi connectivity index (χ0n) is 44.7. The van der Waals surface area contributed by atoms with E-state index in [1.54, 1.807) is 6.08 Å². The first-order valence-corrected chi connectivity index (χ1v) is 28.3. The summed E-state index contributed by atoms with van der Waals surface area (Å²) in [5.74, 6) is -3.28. The number of hydrogen-bond acceptors (Lipinski definition) is 11. The third kappa shape index (κ3) is 37.8. The van der Waals surface area contributed by atoms with Gasteiger partial charge in [0.2, 0.25) is 0 Å². The molecule has 6 atom stereocenters. The lowest BCUT2D eigenvalue weighted by atomic mass is 9.98. The molecule has 0 aromatic rings. The Morgan fingerprint density at radius 3 is 1.30 bits per heavy atom. The number of carboxylic acids is 1. The van der Waals surface area contributed by atoms with Crippen LogP contribution in [0.4, 0.5) is 0 Å². The lowest BCUT2D eigenvalue weighted by Gasteiger charge is -2.40. The lowest BCUT2D eigenvalue weighted by Crippen LogP contribution is -2.61. The standard InChI is InChI=1S/C59H100O12/c1-4-7-10-13-16-19-21-23-25-26-28-29-31-34-36-39-42-45-51(60)67-48-50(69-52(61)46-43-40-38-35-32-30-27-24-22-20-17-14-11-8-5-2)49-68-59-57(55(64)54(63)56(71-59)58(65)66)70-53(62)47-44-41-37-33-18-15-12-9-6-3/h8,11,17,20,24,27,32,35,40,43,50,54-57,59,63-64H,4-7,9-10,12-16,18-19,21-23,25-26,28-31,33-34,36-39,41-42,44-49H2,1-3H3,(H,65,66)/b11-8-,20-17-,27-24-,35-32-,43-40-. The van der Waals surface area contributed by atoms with Gasteiger partial charge in [0.05, 0.1) is 13.0 Å². The summed E-state index contributed by atoms with van der Waals surface area (Å²) in [5.41, 5.74) is 0. The van der Waals surface area contributed by atoms with E-state index < -0.39 is 67.3 Å². The fourth-order valence-electron chi connectivity index (χ4n) is 8.33. The van der Waals surface area contributed by atoms with E-state index in [1.807, 2.05) is 12.2 Å². The van der Waals surface area contributed by atoms with Crippen LogP contribution in [0.2, 0.25) is 0 Å². The molecule has 0 aromatic carbocycles. The molecule has 12 nitrogen and oxygen atoms in total. The predicted molar refractivity (Wildman–Crippen MR) is 285 cm³/mol. The highest BCUT2D eigenvalue weighted by molar-refractivity contribution is 5.74. The summed E-state index contributed by atoms with van der Waals surface area (Å²) >= 11 is 0. The Morgan fingerprint density at radius 2 is 0.873 bits per heavy atom. The Kier molecular flexibility index (Phi) is 43.7. The predicted octanol–water partition coefficient (Wildman–Crippen LogP) is 14.0. The monoisotopic (exact) mass is 1000 g/mol. The minimum absolute atomic E-state index is 0.0512. The van der Waals surface area contributed by atoms with Crippen molar-refractivity contribution in [1.82, 2.24) is 0 Å². The number of allylic oxidation sites excluding steroid dienone is 9. The highest BCUT2D eigenvalue weighted by Gasteiger charge is 2.50. The Bertz CT molecular complexity index is 1470. The van der Waals surface area contributed by atoms with Gasteiger partial charge in [-0.15, -0.1) is 0 Å². The van der Waals surface area contributed by atoms with Gasteiger partial charge in [0.15, 0.2) is 24.6 Å². The number of aliphatic carboxylic acids is 1. The number of rotatable bonds is 47. The van der Waals surface area contributed by atoms with E-state index in [0.29, 0.717) is 19.3 Å². The molecule has 1 rings (SSSR count). The number of hydrogen-bond donors (Lipinski definition) is 3. The second-order valence-electron chi connectivity index (χ2n) is 19.2. The molecule has 1 saturated heterocycles. The molecule has 1 aliphatic rings. The summed E-state index contributed by atoms with van der Waals surface area (Å²) in [7, 11) is 0. The molecule has 0 spiro atoms. The first kappa shape index (κ1) is 65.4. The Balaban J connectivity index is 2.73. The quantitative estimate of drug-likeness (QED) is 0.0228.